The molecule has 0 aliphatic carbocycles. The van der Waals surface area contributed by atoms with Crippen LogP contribution >= 0.6 is 11.6 Å². The maximum Gasteiger partial charge on any atom is 0.222 e. The van der Waals surface area contributed by atoms with Gasteiger partial charge in [-0.25, -0.2) is 9.67 Å². The Balaban J connectivity index is 1.90. The van der Waals surface area contributed by atoms with Crippen molar-refractivity contribution in [1.29, 1.82) is 0 Å². The number of nitrogens with zero attached hydrogens (tertiary/aromatic N) is 3. The molecule has 0 radical (unpaired) electrons. The lowest BCUT2D eigenvalue weighted by Gasteiger charge is -2.19. The number of aromatic nitrogens is 3. The lowest BCUT2D eigenvalue weighted by molar-refractivity contribution is 0.501. The van der Waals surface area contributed by atoms with Gasteiger partial charge >= 0.3 is 0 Å². The van der Waals surface area contributed by atoms with Gasteiger partial charge in [0.05, 0.1) is 34.6 Å². The van der Waals surface area contributed by atoms with E-state index in [-0.39, 0.29) is 22.8 Å². The zero-order valence-electron chi connectivity index (χ0n) is 17.9. The Bertz CT molecular complexity index is 1380. The van der Waals surface area contributed by atoms with Crippen LogP contribution in [0, 0.1) is 26.7 Å². The van der Waals surface area contributed by atoms with Gasteiger partial charge < -0.3 is 9.73 Å². The van der Waals surface area contributed by atoms with E-state index in [1.165, 1.54) is 13.2 Å². The van der Waals surface area contributed by atoms with Crippen molar-refractivity contribution in [2.75, 3.05) is 5.32 Å². The molecule has 4 rings (SSSR count). The summed E-state index contributed by atoms with van der Waals surface area (Å²) in [6, 6.07) is 7.10. The molecule has 3 aromatic heterocycles. The van der Waals surface area contributed by atoms with Crippen molar-refractivity contribution < 1.29 is 8.81 Å². The van der Waals surface area contributed by atoms with Crippen LogP contribution in [0.4, 0.5) is 10.1 Å². The summed E-state index contributed by atoms with van der Waals surface area (Å²) in [6.07, 6.45) is 1.37. The number of rotatable bonds is 4. The molecule has 1 N–H and O–H groups in total. The zero-order chi connectivity index (χ0) is 22.4. The Morgan fingerprint density at radius 1 is 1.23 bits per heavy atom. The Labute approximate surface area is 183 Å². The average Bonchev–Trinajstić information content (AvgIpc) is 3.05. The van der Waals surface area contributed by atoms with Crippen molar-refractivity contribution in [2.24, 2.45) is 7.05 Å². The van der Waals surface area contributed by atoms with Crippen molar-refractivity contribution in [3.8, 4) is 11.3 Å². The molecule has 0 fully saturated rings. The molecule has 0 aliphatic rings. The van der Waals surface area contributed by atoms with E-state index in [2.05, 4.69) is 15.4 Å². The number of hydrogen-bond acceptors (Lipinski definition) is 5. The van der Waals surface area contributed by atoms with Crippen molar-refractivity contribution in [3.63, 3.8) is 0 Å². The molecule has 160 valence electrons. The minimum absolute atomic E-state index is 0.156. The van der Waals surface area contributed by atoms with Gasteiger partial charge in [-0.3, -0.25) is 4.79 Å². The Morgan fingerprint density at radius 3 is 2.61 bits per heavy atom. The summed E-state index contributed by atoms with van der Waals surface area (Å²) in [5.74, 6) is -0.377. The van der Waals surface area contributed by atoms with E-state index in [1.807, 2.05) is 32.9 Å². The van der Waals surface area contributed by atoms with Gasteiger partial charge in [-0.05, 0) is 51.5 Å². The molecular weight excluding hydrogens is 419 g/mol. The summed E-state index contributed by atoms with van der Waals surface area (Å²) in [5.41, 5.74) is 4.01. The highest BCUT2D eigenvalue weighted by Crippen LogP contribution is 2.33. The van der Waals surface area contributed by atoms with Crippen molar-refractivity contribution in [2.45, 2.75) is 33.7 Å². The molecule has 0 saturated heterocycles. The lowest BCUT2D eigenvalue weighted by atomic mass is 9.99. The fourth-order valence-corrected chi connectivity index (χ4v) is 3.90. The molecule has 0 saturated carbocycles. The van der Waals surface area contributed by atoms with E-state index in [4.69, 9.17) is 16.0 Å². The molecule has 1 aromatic carbocycles. The van der Waals surface area contributed by atoms with Gasteiger partial charge in [0, 0.05) is 18.2 Å². The second-order valence-electron chi connectivity index (χ2n) is 7.72. The molecule has 0 amide bonds. The average molecular weight is 441 g/mol. The van der Waals surface area contributed by atoms with E-state index in [1.54, 1.807) is 19.1 Å². The number of anilines is 1. The first-order valence-electron chi connectivity index (χ1n) is 9.83. The standard InChI is InChI=1S/C23H22ClFN4O2/c1-11-8-15(13(3)27-18-6-7-19(24)28-14(18)4)22-16(9-11)20(30)12(2)21(31-22)17-10-26-29(5)23(17)25/h6-10,13,27H,1-5H3/t13-/m1/s1. The molecule has 3 heterocycles. The molecule has 31 heavy (non-hydrogen) atoms. The van der Waals surface area contributed by atoms with Crippen LogP contribution in [0.1, 0.15) is 35.3 Å². The monoisotopic (exact) mass is 440 g/mol. The van der Waals surface area contributed by atoms with Crippen molar-refractivity contribution in [1.82, 2.24) is 14.8 Å². The number of nitrogens with one attached hydrogen (secondary N) is 1. The minimum Gasteiger partial charge on any atom is -0.455 e. The number of fused-ring (bicyclic) bond motifs is 1. The minimum atomic E-state index is -0.562. The van der Waals surface area contributed by atoms with Crippen LogP contribution in [0.2, 0.25) is 5.15 Å². The first-order valence-corrected chi connectivity index (χ1v) is 10.2. The van der Waals surface area contributed by atoms with E-state index in [9.17, 15) is 9.18 Å². The van der Waals surface area contributed by atoms with Crippen LogP contribution in [0.15, 0.2) is 39.7 Å². The maximum absolute atomic E-state index is 14.6. The third-order valence-corrected chi connectivity index (χ3v) is 5.60. The number of aryl methyl sites for hydroxylation is 3. The largest absolute Gasteiger partial charge is 0.455 e. The van der Waals surface area contributed by atoms with Crippen LogP contribution in [0.3, 0.4) is 0 Å². The van der Waals surface area contributed by atoms with Crippen LogP contribution in [0.5, 0.6) is 0 Å². The number of hydrogen-bond donors (Lipinski definition) is 1. The maximum atomic E-state index is 14.6. The van der Waals surface area contributed by atoms with Crippen LogP contribution in [-0.4, -0.2) is 14.8 Å². The SMILES string of the molecule is Cc1cc([C@@H](C)Nc2ccc(Cl)nc2C)c2oc(-c3cnn(C)c3F)c(C)c(=O)c2c1. The molecule has 0 bridgehead atoms. The Hall–Kier alpha value is -3.19. The molecule has 0 unspecified atom stereocenters. The van der Waals surface area contributed by atoms with Gasteiger partial charge in [0.1, 0.15) is 16.5 Å². The predicted molar refractivity (Wildman–Crippen MR) is 120 cm³/mol. The van der Waals surface area contributed by atoms with E-state index in [0.29, 0.717) is 21.7 Å². The van der Waals surface area contributed by atoms with E-state index >= 15 is 0 Å². The van der Waals surface area contributed by atoms with Crippen molar-refractivity contribution >= 4 is 28.3 Å². The quantitative estimate of drug-likeness (QED) is 0.425. The van der Waals surface area contributed by atoms with Crippen LogP contribution in [-0.2, 0) is 7.05 Å². The molecule has 4 aromatic rings. The lowest BCUT2D eigenvalue weighted by Crippen LogP contribution is -2.13. The number of benzene rings is 1. The second-order valence-corrected chi connectivity index (χ2v) is 8.11. The molecule has 0 spiro atoms. The molecule has 0 aliphatic heterocycles. The Morgan fingerprint density at radius 2 is 1.97 bits per heavy atom. The van der Waals surface area contributed by atoms with Gasteiger partial charge in [0.25, 0.3) is 0 Å². The van der Waals surface area contributed by atoms with Crippen molar-refractivity contribution in [3.05, 3.63) is 74.2 Å². The summed E-state index contributed by atoms with van der Waals surface area (Å²) >= 11 is 5.97. The molecular formula is C23H22ClFN4O2. The predicted octanol–water partition coefficient (Wildman–Crippen LogP) is 5.48. The molecule has 8 heteroatoms. The summed E-state index contributed by atoms with van der Waals surface area (Å²) in [5, 5.41) is 8.22. The smallest absolute Gasteiger partial charge is 0.222 e. The summed E-state index contributed by atoms with van der Waals surface area (Å²) < 4.78 is 21.8. The fourth-order valence-electron chi connectivity index (χ4n) is 3.72. The topological polar surface area (TPSA) is 73.0 Å². The highest BCUT2D eigenvalue weighted by atomic mass is 35.5. The second kappa shape index (κ2) is 7.81. The summed E-state index contributed by atoms with van der Waals surface area (Å²) in [7, 11) is 1.50. The third-order valence-electron chi connectivity index (χ3n) is 5.39. The molecule has 1 atom stereocenters. The van der Waals surface area contributed by atoms with E-state index in [0.717, 1.165) is 27.2 Å². The zero-order valence-corrected chi connectivity index (χ0v) is 18.6. The third kappa shape index (κ3) is 3.70. The normalized spacial score (nSPS) is 12.4. The summed E-state index contributed by atoms with van der Waals surface area (Å²) in [6.45, 7) is 7.39. The van der Waals surface area contributed by atoms with Gasteiger partial charge in [-0.2, -0.15) is 9.49 Å². The summed E-state index contributed by atoms with van der Waals surface area (Å²) in [4.78, 5) is 17.4. The highest BCUT2D eigenvalue weighted by molar-refractivity contribution is 6.29. The fraction of sp³-hybridized carbons (Fsp3) is 0.261. The first-order chi connectivity index (χ1) is 14.7. The van der Waals surface area contributed by atoms with Gasteiger partial charge in [0.15, 0.2) is 5.43 Å². The highest BCUT2D eigenvalue weighted by Gasteiger charge is 2.22. The van der Waals surface area contributed by atoms with Crippen LogP contribution in [0.25, 0.3) is 22.3 Å². The van der Waals surface area contributed by atoms with Gasteiger partial charge in [0.2, 0.25) is 5.95 Å². The Kier molecular flexibility index (Phi) is 5.31. The number of pyridine rings is 1. The van der Waals surface area contributed by atoms with E-state index < -0.39 is 5.95 Å². The van der Waals surface area contributed by atoms with Crippen LogP contribution < -0.4 is 10.7 Å². The van der Waals surface area contributed by atoms with Gasteiger partial charge in [-0.15, -0.1) is 0 Å². The number of halogens is 2. The van der Waals surface area contributed by atoms with Gasteiger partial charge in [-0.1, -0.05) is 17.7 Å². The molecule has 6 nitrogen and oxygen atoms in total. The first kappa shape index (κ1) is 21.1.